The van der Waals surface area contributed by atoms with Crippen molar-refractivity contribution < 1.29 is 13.5 Å². The number of alkyl halides is 2. The first-order chi connectivity index (χ1) is 10.0. The molecule has 110 valence electrons. The van der Waals surface area contributed by atoms with Crippen LogP contribution in [-0.4, -0.2) is 25.2 Å². The summed E-state index contributed by atoms with van der Waals surface area (Å²) in [7, 11) is 1.85. The van der Waals surface area contributed by atoms with E-state index in [1.54, 1.807) is 12.1 Å². The summed E-state index contributed by atoms with van der Waals surface area (Å²) >= 11 is 0. The molecule has 0 unspecified atom stereocenters. The molecule has 0 saturated heterocycles. The molecular weight excluding hydrogens is 276 g/mol. The van der Waals surface area contributed by atoms with E-state index in [2.05, 4.69) is 15.8 Å². The van der Waals surface area contributed by atoms with E-state index < -0.39 is 6.61 Å². The lowest BCUT2D eigenvalue weighted by molar-refractivity contribution is -0.0497. The first-order valence-corrected chi connectivity index (χ1v) is 6.45. The minimum Gasteiger partial charge on any atom is -0.435 e. The Balaban J connectivity index is 2.48. The number of nitrogens with zero attached hydrogens (tertiary/aromatic N) is 3. The summed E-state index contributed by atoms with van der Waals surface area (Å²) in [5, 5.41) is 9.40. The first-order valence-electron chi connectivity index (χ1n) is 6.45. The molecule has 4 nitrogen and oxygen atoms in total. The standard InChI is InChI=1S/C15H15F2N3O/c1-10-8-14(20(2)7-3-6-18)12-9-11(21-15(16)17)4-5-13(12)19-10/h4-5,8-9,15H,3,7H2,1-2H3. The molecule has 0 radical (unpaired) electrons. The van der Waals surface area contributed by atoms with Crippen LogP contribution >= 0.6 is 0 Å². The van der Waals surface area contributed by atoms with Crippen molar-refractivity contribution in [3.63, 3.8) is 0 Å². The number of benzene rings is 1. The number of fused-ring (bicyclic) bond motifs is 1. The van der Waals surface area contributed by atoms with Crippen molar-refractivity contribution in [2.24, 2.45) is 0 Å². The Labute approximate surface area is 121 Å². The maximum absolute atomic E-state index is 12.3. The van der Waals surface area contributed by atoms with Crippen LogP contribution in [0.25, 0.3) is 10.9 Å². The van der Waals surface area contributed by atoms with Gasteiger partial charge in [-0.05, 0) is 31.2 Å². The third kappa shape index (κ3) is 3.57. The van der Waals surface area contributed by atoms with E-state index in [0.29, 0.717) is 18.5 Å². The molecule has 0 atom stereocenters. The fourth-order valence-corrected chi connectivity index (χ4v) is 2.15. The van der Waals surface area contributed by atoms with Crippen LogP contribution in [0, 0.1) is 18.3 Å². The van der Waals surface area contributed by atoms with E-state index in [1.807, 2.05) is 24.9 Å². The van der Waals surface area contributed by atoms with Crippen LogP contribution in [0.5, 0.6) is 5.75 Å². The highest BCUT2D eigenvalue weighted by Crippen LogP contribution is 2.30. The fourth-order valence-electron chi connectivity index (χ4n) is 2.15. The van der Waals surface area contributed by atoms with E-state index in [4.69, 9.17) is 5.26 Å². The first kappa shape index (κ1) is 15.0. The van der Waals surface area contributed by atoms with E-state index in [1.165, 1.54) is 6.07 Å². The molecule has 21 heavy (non-hydrogen) atoms. The Morgan fingerprint density at radius 1 is 1.38 bits per heavy atom. The van der Waals surface area contributed by atoms with E-state index in [0.717, 1.165) is 16.8 Å². The third-order valence-electron chi connectivity index (χ3n) is 3.08. The van der Waals surface area contributed by atoms with Crippen molar-refractivity contribution >= 4 is 16.6 Å². The molecule has 0 N–H and O–H groups in total. The maximum Gasteiger partial charge on any atom is 0.387 e. The van der Waals surface area contributed by atoms with Gasteiger partial charge in [-0.3, -0.25) is 4.98 Å². The predicted molar refractivity (Wildman–Crippen MR) is 76.6 cm³/mol. The summed E-state index contributed by atoms with van der Waals surface area (Å²) in [4.78, 5) is 6.29. The Kier molecular flexibility index (Phi) is 4.53. The van der Waals surface area contributed by atoms with Crippen molar-refractivity contribution in [3.05, 3.63) is 30.0 Å². The van der Waals surface area contributed by atoms with Crippen molar-refractivity contribution in [1.82, 2.24) is 4.98 Å². The molecule has 0 bridgehead atoms. The van der Waals surface area contributed by atoms with Gasteiger partial charge in [0, 0.05) is 30.4 Å². The molecule has 0 aliphatic heterocycles. The van der Waals surface area contributed by atoms with Gasteiger partial charge in [-0.25, -0.2) is 0 Å². The topological polar surface area (TPSA) is 49.2 Å². The highest BCUT2D eigenvalue weighted by molar-refractivity contribution is 5.93. The predicted octanol–water partition coefficient (Wildman–Crippen LogP) is 3.49. The molecule has 1 heterocycles. The zero-order valence-corrected chi connectivity index (χ0v) is 11.8. The van der Waals surface area contributed by atoms with Crippen LogP contribution in [0.15, 0.2) is 24.3 Å². The molecule has 0 aliphatic carbocycles. The van der Waals surface area contributed by atoms with Gasteiger partial charge < -0.3 is 9.64 Å². The number of hydrogen-bond acceptors (Lipinski definition) is 4. The normalized spacial score (nSPS) is 10.7. The van der Waals surface area contributed by atoms with Gasteiger partial charge in [0.05, 0.1) is 18.0 Å². The fraction of sp³-hybridized carbons (Fsp3) is 0.333. The summed E-state index contributed by atoms with van der Waals surface area (Å²) in [6.07, 6.45) is 0.382. The highest BCUT2D eigenvalue weighted by atomic mass is 19.3. The summed E-state index contributed by atoms with van der Waals surface area (Å²) in [6.45, 7) is -0.444. The second kappa shape index (κ2) is 6.35. The highest BCUT2D eigenvalue weighted by Gasteiger charge is 2.11. The summed E-state index contributed by atoms with van der Waals surface area (Å²) < 4.78 is 29.1. The van der Waals surface area contributed by atoms with Gasteiger partial charge in [-0.1, -0.05) is 0 Å². The minimum atomic E-state index is -2.86. The second-order valence-corrected chi connectivity index (χ2v) is 4.67. The van der Waals surface area contributed by atoms with E-state index in [9.17, 15) is 8.78 Å². The summed E-state index contributed by atoms with van der Waals surface area (Å²) in [5.41, 5.74) is 2.37. The summed E-state index contributed by atoms with van der Waals surface area (Å²) in [6, 6.07) is 8.63. The van der Waals surface area contributed by atoms with Gasteiger partial charge >= 0.3 is 6.61 Å². The van der Waals surface area contributed by atoms with E-state index >= 15 is 0 Å². The van der Waals surface area contributed by atoms with Gasteiger partial charge in [-0.2, -0.15) is 14.0 Å². The van der Waals surface area contributed by atoms with Crippen LogP contribution in [-0.2, 0) is 0 Å². The number of ether oxygens (including phenoxy) is 1. The molecule has 0 fully saturated rings. The zero-order chi connectivity index (χ0) is 15.4. The van der Waals surface area contributed by atoms with Crippen molar-refractivity contribution in [2.45, 2.75) is 20.0 Å². The molecule has 0 amide bonds. The van der Waals surface area contributed by atoms with Gasteiger partial charge in [0.1, 0.15) is 5.75 Å². The number of anilines is 1. The summed E-state index contributed by atoms with van der Waals surface area (Å²) in [5.74, 6) is 0.0955. The van der Waals surface area contributed by atoms with Crippen molar-refractivity contribution in [1.29, 1.82) is 5.26 Å². The van der Waals surface area contributed by atoms with Crippen molar-refractivity contribution in [2.75, 3.05) is 18.5 Å². The van der Waals surface area contributed by atoms with Gasteiger partial charge in [0.25, 0.3) is 0 Å². The molecule has 0 saturated carbocycles. The lowest BCUT2D eigenvalue weighted by Crippen LogP contribution is -2.18. The molecule has 2 aromatic rings. The number of halogens is 2. The quantitative estimate of drug-likeness (QED) is 0.846. The van der Waals surface area contributed by atoms with Crippen LogP contribution < -0.4 is 9.64 Å². The lowest BCUT2D eigenvalue weighted by atomic mass is 10.1. The Bertz CT molecular complexity index is 682. The molecule has 1 aromatic carbocycles. The lowest BCUT2D eigenvalue weighted by Gasteiger charge is -2.20. The van der Waals surface area contributed by atoms with Crippen LogP contribution in [0.1, 0.15) is 12.1 Å². The van der Waals surface area contributed by atoms with Crippen LogP contribution in [0.2, 0.25) is 0 Å². The average molecular weight is 291 g/mol. The van der Waals surface area contributed by atoms with Gasteiger partial charge in [0.2, 0.25) is 0 Å². The molecule has 0 aliphatic rings. The zero-order valence-electron chi connectivity index (χ0n) is 11.8. The molecule has 6 heteroatoms. The number of rotatable bonds is 5. The molecular formula is C15H15F2N3O. The number of pyridine rings is 1. The van der Waals surface area contributed by atoms with Crippen molar-refractivity contribution in [3.8, 4) is 11.8 Å². The smallest absolute Gasteiger partial charge is 0.387 e. The largest absolute Gasteiger partial charge is 0.435 e. The molecule has 2 rings (SSSR count). The number of hydrogen-bond donors (Lipinski definition) is 0. The Hall–Kier alpha value is -2.42. The maximum atomic E-state index is 12.3. The number of nitriles is 1. The second-order valence-electron chi connectivity index (χ2n) is 4.67. The molecule has 1 aromatic heterocycles. The SMILES string of the molecule is Cc1cc(N(C)CCC#N)c2cc(OC(F)F)ccc2n1. The van der Waals surface area contributed by atoms with Gasteiger partial charge in [0.15, 0.2) is 0 Å². The van der Waals surface area contributed by atoms with Crippen LogP contribution in [0.4, 0.5) is 14.5 Å². The van der Waals surface area contributed by atoms with Gasteiger partial charge in [-0.15, -0.1) is 0 Å². The third-order valence-corrected chi connectivity index (χ3v) is 3.08. The monoisotopic (exact) mass is 291 g/mol. The Morgan fingerprint density at radius 3 is 2.81 bits per heavy atom. The molecule has 0 spiro atoms. The average Bonchev–Trinajstić information content (AvgIpc) is 2.43. The van der Waals surface area contributed by atoms with Crippen LogP contribution in [0.3, 0.4) is 0 Å². The number of aryl methyl sites for hydroxylation is 1. The minimum absolute atomic E-state index is 0.0955. The Morgan fingerprint density at radius 2 is 2.14 bits per heavy atom. The number of aromatic nitrogens is 1. The van der Waals surface area contributed by atoms with E-state index in [-0.39, 0.29) is 5.75 Å².